The van der Waals surface area contributed by atoms with Gasteiger partial charge in [0.25, 0.3) is 0 Å². The van der Waals surface area contributed by atoms with Crippen molar-refractivity contribution in [2.24, 2.45) is 0 Å². The van der Waals surface area contributed by atoms with E-state index in [9.17, 15) is 4.79 Å². The molecule has 0 atom stereocenters. The van der Waals surface area contributed by atoms with Gasteiger partial charge in [0.2, 0.25) is 5.91 Å². The fraction of sp³-hybridized carbons (Fsp3) is 0.273. The Balaban J connectivity index is 1.74. The Hall–Kier alpha value is -3.08. The van der Waals surface area contributed by atoms with Crippen LogP contribution in [0.1, 0.15) is 30.9 Å². The molecule has 0 N–H and O–H groups in total. The number of ether oxygens (including phenoxy) is 1. The largest absolute Gasteiger partial charge is 0.497 e. The standard InChI is InChI=1S/C22H22N2O3/c1-14-23-12-20(27-14)16-7-10-18-19(11-16)24(21(25)22(18,2)3)13-15-5-8-17(26-4)9-6-15/h5-12H,13H2,1-4H3. The predicted molar refractivity (Wildman–Crippen MR) is 104 cm³/mol. The molecule has 0 saturated carbocycles. The van der Waals surface area contributed by atoms with Crippen molar-refractivity contribution in [2.75, 3.05) is 12.0 Å². The second kappa shape index (κ2) is 6.27. The van der Waals surface area contributed by atoms with Gasteiger partial charge in [-0.15, -0.1) is 0 Å². The summed E-state index contributed by atoms with van der Waals surface area (Å²) < 4.78 is 10.9. The molecule has 2 heterocycles. The van der Waals surface area contributed by atoms with Gasteiger partial charge in [0.05, 0.1) is 25.3 Å². The van der Waals surface area contributed by atoms with E-state index in [-0.39, 0.29) is 5.91 Å². The van der Waals surface area contributed by atoms with Crippen molar-refractivity contribution < 1.29 is 13.9 Å². The van der Waals surface area contributed by atoms with Crippen molar-refractivity contribution in [2.45, 2.75) is 32.7 Å². The zero-order valence-electron chi connectivity index (χ0n) is 15.9. The van der Waals surface area contributed by atoms with Gasteiger partial charge in [-0.25, -0.2) is 4.98 Å². The number of hydrogen-bond acceptors (Lipinski definition) is 4. The second-order valence-corrected chi connectivity index (χ2v) is 7.34. The molecule has 0 fully saturated rings. The second-order valence-electron chi connectivity index (χ2n) is 7.34. The summed E-state index contributed by atoms with van der Waals surface area (Å²) in [6.07, 6.45) is 1.72. The first-order valence-corrected chi connectivity index (χ1v) is 8.92. The lowest BCUT2D eigenvalue weighted by Crippen LogP contribution is -2.35. The van der Waals surface area contributed by atoms with Gasteiger partial charge in [0, 0.05) is 18.2 Å². The summed E-state index contributed by atoms with van der Waals surface area (Å²) in [5.74, 6) is 2.23. The molecular formula is C22H22N2O3. The van der Waals surface area contributed by atoms with E-state index >= 15 is 0 Å². The van der Waals surface area contributed by atoms with E-state index in [4.69, 9.17) is 9.15 Å². The number of rotatable bonds is 4. The van der Waals surface area contributed by atoms with E-state index in [0.29, 0.717) is 18.2 Å². The Bertz CT molecular complexity index is 1000. The van der Waals surface area contributed by atoms with Gasteiger partial charge >= 0.3 is 0 Å². The Labute approximate surface area is 158 Å². The molecule has 1 aliphatic rings. The number of aryl methyl sites for hydroxylation is 1. The molecule has 5 heteroatoms. The molecule has 4 rings (SSSR count). The number of oxazole rings is 1. The minimum Gasteiger partial charge on any atom is -0.497 e. The molecule has 27 heavy (non-hydrogen) atoms. The van der Waals surface area contributed by atoms with Crippen molar-refractivity contribution in [3.05, 3.63) is 65.7 Å². The molecule has 0 spiro atoms. The normalized spacial score (nSPS) is 15.1. The zero-order valence-corrected chi connectivity index (χ0v) is 15.9. The van der Waals surface area contributed by atoms with Gasteiger partial charge in [0.1, 0.15) is 5.75 Å². The summed E-state index contributed by atoms with van der Waals surface area (Å²) in [7, 11) is 1.64. The molecule has 3 aromatic rings. The zero-order chi connectivity index (χ0) is 19.2. The van der Waals surface area contributed by atoms with Gasteiger partial charge in [-0.3, -0.25) is 4.79 Å². The van der Waals surface area contributed by atoms with Crippen LogP contribution >= 0.6 is 0 Å². The summed E-state index contributed by atoms with van der Waals surface area (Å²) in [6.45, 7) is 6.28. The lowest BCUT2D eigenvalue weighted by atomic mass is 9.86. The molecule has 1 aromatic heterocycles. The van der Waals surface area contributed by atoms with E-state index in [0.717, 1.165) is 28.1 Å². The first kappa shape index (κ1) is 17.3. The Morgan fingerprint density at radius 1 is 1.15 bits per heavy atom. The number of aromatic nitrogens is 1. The van der Waals surface area contributed by atoms with Crippen LogP contribution in [0.25, 0.3) is 11.3 Å². The highest BCUT2D eigenvalue weighted by atomic mass is 16.5. The molecule has 138 valence electrons. The van der Waals surface area contributed by atoms with Gasteiger partial charge in [-0.2, -0.15) is 0 Å². The van der Waals surface area contributed by atoms with Crippen molar-refractivity contribution in [3.63, 3.8) is 0 Å². The summed E-state index contributed by atoms with van der Waals surface area (Å²) in [6, 6.07) is 13.8. The highest BCUT2D eigenvalue weighted by molar-refractivity contribution is 6.08. The third-order valence-electron chi connectivity index (χ3n) is 5.15. The maximum absolute atomic E-state index is 13.1. The topological polar surface area (TPSA) is 55.6 Å². The van der Waals surface area contributed by atoms with Gasteiger partial charge in [-0.1, -0.05) is 24.3 Å². The van der Waals surface area contributed by atoms with E-state index in [2.05, 4.69) is 4.98 Å². The van der Waals surface area contributed by atoms with Crippen molar-refractivity contribution in [1.29, 1.82) is 0 Å². The quantitative estimate of drug-likeness (QED) is 0.686. The van der Waals surface area contributed by atoms with Gasteiger partial charge in [0.15, 0.2) is 11.7 Å². The van der Waals surface area contributed by atoms with Crippen LogP contribution in [0, 0.1) is 6.92 Å². The van der Waals surface area contributed by atoms with Gasteiger partial charge in [-0.05, 0) is 43.2 Å². The van der Waals surface area contributed by atoms with Gasteiger partial charge < -0.3 is 14.1 Å². The molecule has 5 nitrogen and oxygen atoms in total. The average molecular weight is 362 g/mol. The van der Waals surface area contributed by atoms with Crippen LogP contribution < -0.4 is 9.64 Å². The van der Waals surface area contributed by atoms with Crippen molar-refractivity contribution >= 4 is 11.6 Å². The molecule has 0 radical (unpaired) electrons. The number of fused-ring (bicyclic) bond motifs is 1. The van der Waals surface area contributed by atoms with Crippen LogP contribution in [-0.2, 0) is 16.8 Å². The number of anilines is 1. The monoisotopic (exact) mass is 362 g/mol. The Morgan fingerprint density at radius 2 is 1.89 bits per heavy atom. The lowest BCUT2D eigenvalue weighted by molar-refractivity contribution is -0.122. The number of carbonyl (C=O) groups excluding carboxylic acids is 1. The molecular weight excluding hydrogens is 340 g/mol. The summed E-state index contributed by atoms with van der Waals surface area (Å²) >= 11 is 0. The Kier molecular flexibility index (Phi) is 4.02. The summed E-state index contributed by atoms with van der Waals surface area (Å²) in [5, 5.41) is 0. The smallest absolute Gasteiger partial charge is 0.237 e. The number of benzene rings is 2. The van der Waals surface area contributed by atoms with Crippen molar-refractivity contribution in [3.8, 4) is 17.1 Å². The number of methoxy groups -OCH3 is 1. The first-order valence-electron chi connectivity index (χ1n) is 8.92. The first-order chi connectivity index (χ1) is 12.9. The Morgan fingerprint density at radius 3 is 2.52 bits per heavy atom. The molecule has 2 aromatic carbocycles. The van der Waals surface area contributed by atoms with Crippen LogP contribution in [-0.4, -0.2) is 18.0 Å². The SMILES string of the molecule is COc1ccc(CN2C(=O)C(C)(C)c3ccc(-c4cnc(C)o4)cc32)cc1. The fourth-order valence-corrected chi connectivity index (χ4v) is 3.56. The van der Waals surface area contributed by atoms with E-state index < -0.39 is 5.41 Å². The number of hydrogen-bond donors (Lipinski definition) is 0. The van der Waals surface area contributed by atoms with E-state index in [1.807, 2.05) is 68.1 Å². The molecule has 1 amide bonds. The third kappa shape index (κ3) is 2.89. The highest BCUT2D eigenvalue weighted by Crippen LogP contribution is 2.44. The molecule has 0 aliphatic carbocycles. The number of amides is 1. The van der Waals surface area contributed by atoms with Crippen LogP contribution in [0.3, 0.4) is 0 Å². The maximum atomic E-state index is 13.1. The van der Waals surface area contributed by atoms with E-state index in [1.54, 1.807) is 13.3 Å². The summed E-state index contributed by atoms with van der Waals surface area (Å²) in [4.78, 5) is 19.2. The minimum absolute atomic E-state index is 0.0965. The van der Waals surface area contributed by atoms with E-state index in [1.165, 1.54) is 0 Å². The van der Waals surface area contributed by atoms with Crippen LogP contribution in [0.15, 0.2) is 53.1 Å². The summed E-state index contributed by atoms with van der Waals surface area (Å²) in [5.41, 5.74) is 3.36. The minimum atomic E-state index is -0.558. The van der Waals surface area contributed by atoms with Crippen molar-refractivity contribution in [1.82, 2.24) is 4.98 Å². The predicted octanol–water partition coefficient (Wildman–Crippen LogP) is 4.48. The molecule has 0 bridgehead atoms. The number of nitrogens with zero attached hydrogens (tertiary/aromatic N) is 2. The highest BCUT2D eigenvalue weighted by Gasteiger charge is 2.43. The van der Waals surface area contributed by atoms with Crippen LogP contribution in [0.5, 0.6) is 5.75 Å². The van der Waals surface area contributed by atoms with Crippen LogP contribution in [0.2, 0.25) is 0 Å². The molecule has 1 aliphatic heterocycles. The number of carbonyl (C=O) groups is 1. The van der Waals surface area contributed by atoms with Crippen LogP contribution in [0.4, 0.5) is 5.69 Å². The third-order valence-corrected chi connectivity index (χ3v) is 5.15. The molecule has 0 saturated heterocycles. The average Bonchev–Trinajstić information content (AvgIpc) is 3.18. The fourth-order valence-electron chi connectivity index (χ4n) is 3.56. The lowest BCUT2D eigenvalue weighted by Gasteiger charge is -2.20. The maximum Gasteiger partial charge on any atom is 0.237 e. The molecule has 0 unspecified atom stereocenters.